The van der Waals surface area contributed by atoms with Crippen molar-refractivity contribution in [3.8, 4) is 0 Å². The number of hydrogen-bond donors (Lipinski definition) is 0. The second-order valence-electron chi connectivity index (χ2n) is 4.42. The van der Waals surface area contributed by atoms with Crippen LogP contribution in [0.15, 0.2) is 42.5 Å². The lowest BCUT2D eigenvalue weighted by Gasteiger charge is -2.08. The fraction of sp³-hybridized carbons (Fsp3) is 0.375. The summed E-state index contributed by atoms with van der Waals surface area (Å²) in [5.41, 5.74) is 0.976. The molecule has 18 heavy (non-hydrogen) atoms. The standard InChI is InChI=1S/C16H20O2/c1-3-8-15(18)11-7-12-16(13(2)17)14-9-5-4-6-10-14/h4-7,9-10,12,16H,3,8,11H2,1-2H3/b12-7+/t16-/m1/s1. The molecule has 1 aromatic carbocycles. The predicted octanol–water partition coefficient (Wildman–Crippen LogP) is 3.67. The minimum atomic E-state index is -0.236. The van der Waals surface area contributed by atoms with E-state index in [0.717, 1.165) is 12.0 Å². The molecule has 0 unspecified atom stereocenters. The number of rotatable bonds is 7. The Balaban J connectivity index is 2.68. The summed E-state index contributed by atoms with van der Waals surface area (Å²) < 4.78 is 0. The van der Waals surface area contributed by atoms with Crippen molar-refractivity contribution in [1.29, 1.82) is 0 Å². The molecule has 1 atom stereocenters. The lowest BCUT2D eigenvalue weighted by atomic mass is 9.94. The van der Waals surface area contributed by atoms with E-state index in [1.807, 2.05) is 49.4 Å². The van der Waals surface area contributed by atoms with E-state index in [4.69, 9.17) is 0 Å². The van der Waals surface area contributed by atoms with Gasteiger partial charge in [-0.1, -0.05) is 49.4 Å². The van der Waals surface area contributed by atoms with E-state index in [-0.39, 0.29) is 17.5 Å². The summed E-state index contributed by atoms with van der Waals surface area (Å²) >= 11 is 0. The van der Waals surface area contributed by atoms with E-state index in [1.165, 1.54) is 0 Å². The minimum absolute atomic E-state index is 0.0976. The van der Waals surface area contributed by atoms with Crippen LogP contribution in [-0.2, 0) is 9.59 Å². The van der Waals surface area contributed by atoms with Crippen LogP contribution in [0, 0.1) is 0 Å². The first-order valence-electron chi connectivity index (χ1n) is 6.39. The highest BCUT2D eigenvalue weighted by Crippen LogP contribution is 2.18. The first-order valence-corrected chi connectivity index (χ1v) is 6.39. The van der Waals surface area contributed by atoms with E-state index in [0.29, 0.717) is 12.8 Å². The number of Topliss-reactive ketones (excluding diaryl/α,β-unsaturated/α-hetero) is 2. The molecule has 0 aliphatic carbocycles. The molecular formula is C16H20O2. The highest BCUT2D eigenvalue weighted by Gasteiger charge is 2.12. The Morgan fingerprint density at radius 1 is 1.22 bits per heavy atom. The summed E-state index contributed by atoms with van der Waals surface area (Å²) in [4.78, 5) is 23.0. The van der Waals surface area contributed by atoms with Crippen LogP contribution < -0.4 is 0 Å². The lowest BCUT2D eigenvalue weighted by Crippen LogP contribution is -2.06. The Hall–Kier alpha value is -1.70. The highest BCUT2D eigenvalue weighted by molar-refractivity contribution is 5.85. The number of ketones is 2. The maximum atomic E-state index is 11.6. The van der Waals surface area contributed by atoms with E-state index >= 15 is 0 Å². The third-order valence-corrected chi connectivity index (χ3v) is 2.80. The van der Waals surface area contributed by atoms with Crippen LogP contribution in [0.5, 0.6) is 0 Å². The Labute approximate surface area is 109 Å². The van der Waals surface area contributed by atoms with E-state index in [1.54, 1.807) is 6.92 Å². The van der Waals surface area contributed by atoms with Crippen LogP contribution in [0.3, 0.4) is 0 Å². The van der Waals surface area contributed by atoms with Crippen molar-refractivity contribution in [1.82, 2.24) is 0 Å². The summed E-state index contributed by atoms with van der Waals surface area (Å²) in [6, 6.07) is 9.63. The van der Waals surface area contributed by atoms with Crippen LogP contribution in [0.4, 0.5) is 0 Å². The minimum Gasteiger partial charge on any atom is -0.299 e. The van der Waals surface area contributed by atoms with Crippen molar-refractivity contribution in [3.63, 3.8) is 0 Å². The number of allylic oxidation sites excluding steroid dienone is 2. The molecule has 0 aliphatic heterocycles. The molecule has 0 amide bonds. The van der Waals surface area contributed by atoms with Gasteiger partial charge < -0.3 is 0 Å². The quantitative estimate of drug-likeness (QED) is 0.686. The lowest BCUT2D eigenvalue weighted by molar-refractivity contribution is -0.119. The van der Waals surface area contributed by atoms with Gasteiger partial charge in [0, 0.05) is 12.8 Å². The second-order valence-corrected chi connectivity index (χ2v) is 4.42. The van der Waals surface area contributed by atoms with Crippen molar-refractivity contribution in [2.24, 2.45) is 0 Å². The monoisotopic (exact) mass is 244 g/mol. The molecule has 0 heterocycles. The van der Waals surface area contributed by atoms with Gasteiger partial charge in [-0.2, -0.15) is 0 Å². The van der Waals surface area contributed by atoms with Crippen molar-refractivity contribution >= 4 is 11.6 Å². The molecule has 0 N–H and O–H groups in total. The fourth-order valence-electron chi connectivity index (χ4n) is 1.86. The molecule has 1 aromatic rings. The van der Waals surface area contributed by atoms with Gasteiger partial charge in [-0.05, 0) is 18.9 Å². The van der Waals surface area contributed by atoms with Gasteiger partial charge in [0.2, 0.25) is 0 Å². The van der Waals surface area contributed by atoms with Crippen LogP contribution >= 0.6 is 0 Å². The number of benzene rings is 1. The summed E-state index contributed by atoms with van der Waals surface area (Å²) in [6.07, 6.45) is 5.56. The van der Waals surface area contributed by atoms with Crippen molar-refractivity contribution in [2.75, 3.05) is 0 Å². The summed E-state index contributed by atoms with van der Waals surface area (Å²) in [6.45, 7) is 3.57. The first kappa shape index (κ1) is 14.4. The Kier molecular flexibility index (Phi) is 6.06. The van der Waals surface area contributed by atoms with Crippen LogP contribution in [-0.4, -0.2) is 11.6 Å². The SMILES string of the molecule is CCCC(=O)C/C=C/[C@H](C(C)=O)c1ccccc1. The first-order chi connectivity index (χ1) is 8.65. The third kappa shape index (κ3) is 4.66. The van der Waals surface area contributed by atoms with Gasteiger partial charge >= 0.3 is 0 Å². The maximum Gasteiger partial charge on any atom is 0.141 e. The zero-order valence-corrected chi connectivity index (χ0v) is 11.1. The normalized spacial score (nSPS) is 12.6. The summed E-state index contributed by atoms with van der Waals surface area (Å²) in [7, 11) is 0. The number of hydrogen-bond acceptors (Lipinski definition) is 2. The van der Waals surface area contributed by atoms with E-state index < -0.39 is 0 Å². The fourth-order valence-corrected chi connectivity index (χ4v) is 1.86. The number of carbonyl (C=O) groups excluding carboxylic acids is 2. The zero-order chi connectivity index (χ0) is 13.4. The van der Waals surface area contributed by atoms with Crippen molar-refractivity contribution < 1.29 is 9.59 Å². The highest BCUT2D eigenvalue weighted by atomic mass is 16.1. The molecule has 0 radical (unpaired) electrons. The van der Waals surface area contributed by atoms with Crippen LogP contribution in [0.1, 0.15) is 44.6 Å². The van der Waals surface area contributed by atoms with Gasteiger partial charge in [0.25, 0.3) is 0 Å². The number of carbonyl (C=O) groups is 2. The molecule has 96 valence electrons. The molecule has 1 rings (SSSR count). The molecule has 0 aliphatic rings. The van der Waals surface area contributed by atoms with Gasteiger partial charge in [-0.15, -0.1) is 0 Å². The molecule has 2 heteroatoms. The molecule has 0 bridgehead atoms. The topological polar surface area (TPSA) is 34.1 Å². The van der Waals surface area contributed by atoms with Crippen molar-refractivity contribution in [2.45, 2.75) is 39.0 Å². The molecule has 2 nitrogen and oxygen atoms in total. The van der Waals surface area contributed by atoms with Gasteiger partial charge in [-0.3, -0.25) is 9.59 Å². The molecule has 0 spiro atoms. The van der Waals surface area contributed by atoms with Gasteiger partial charge in [0.05, 0.1) is 5.92 Å². The molecule has 0 saturated heterocycles. The average Bonchev–Trinajstić information content (AvgIpc) is 2.35. The Morgan fingerprint density at radius 3 is 2.44 bits per heavy atom. The average molecular weight is 244 g/mol. The van der Waals surface area contributed by atoms with Gasteiger partial charge in [0.15, 0.2) is 0 Å². The third-order valence-electron chi connectivity index (χ3n) is 2.80. The maximum absolute atomic E-state index is 11.6. The van der Waals surface area contributed by atoms with E-state index in [9.17, 15) is 9.59 Å². The summed E-state index contributed by atoms with van der Waals surface area (Å²) in [5.74, 6) is 0.0881. The predicted molar refractivity (Wildman–Crippen MR) is 73.5 cm³/mol. The molecule has 0 fully saturated rings. The van der Waals surface area contributed by atoms with Gasteiger partial charge in [-0.25, -0.2) is 0 Å². The van der Waals surface area contributed by atoms with Crippen LogP contribution in [0.25, 0.3) is 0 Å². The van der Waals surface area contributed by atoms with Crippen molar-refractivity contribution in [3.05, 3.63) is 48.0 Å². The summed E-state index contributed by atoms with van der Waals surface area (Å²) in [5, 5.41) is 0. The smallest absolute Gasteiger partial charge is 0.141 e. The molecular weight excluding hydrogens is 224 g/mol. The molecule has 0 aromatic heterocycles. The largest absolute Gasteiger partial charge is 0.299 e. The second kappa shape index (κ2) is 7.59. The Morgan fingerprint density at radius 2 is 1.89 bits per heavy atom. The van der Waals surface area contributed by atoms with E-state index in [2.05, 4.69) is 0 Å². The van der Waals surface area contributed by atoms with Crippen LogP contribution in [0.2, 0.25) is 0 Å². The molecule has 0 saturated carbocycles. The zero-order valence-electron chi connectivity index (χ0n) is 11.1. The Bertz CT molecular complexity index is 418. The van der Waals surface area contributed by atoms with Gasteiger partial charge in [0.1, 0.15) is 11.6 Å².